The molecule has 0 heterocycles. The van der Waals surface area contributed by atoms with Crippen LogP contribution in [0.1, 0.15) is 36.3 Å². The molecule has 0 spiro atoms. The molecule has 7 nitrogen and oxygen atoms in total. The smallest absolute Gasteiger partial charge is 0.304 e. The Bertz CT molecular complexity index is 525. The average molecular weight is 295 g/mol. The molecule has 2 unspecified atom stereocenters. The predicted octanol–water partition coefficient (Wildman–Crippen LogP) is 2.06. The van der Waals surface area contributed by atoms with Crippen molar-refractivity contribution in [3.8, 4) is 0 Å². The summed E-state index contributed by atoms with van der Waals surface area (Å²) in [4.78, 5) is 32.2. The first kappa shape index (κ1) is 16.6. The maximum absolute atomic E-state index is 11.2. The van der Waals surface area contributed by atoms with Crippen LogP contribution >= 0.6 is 0 Å². The highest BCUT2D eigenvalue weighted by molar-refractivity contribution is 5.68. The number of nitrogens with zero attached hydrogens (tertiary/aromatic N) is 1. The van der Waals surface area contributed by atoms with Crippen LogP contribution in [0.25, 0.3) is 0 Å². The van der Waals surface area contributed by atoms with Crippen LogP contribution in [0.4, 0.5) is 0 Å². The lowest BCUT2D eigenvalue weighted by Crippen LogP contribution is -2.30. The van der Waals surface area contributed by atoms with Crippen LogP contribution in [0.2, 0.25) is 0 Å². The van der Waals surface area contributed by atoms with Crippen molar-refractivity contribution in [3.05, 3.63) is 45.5 Å². The van der Waals surface area contributed by atoms with Crippen LogP contribution < -0.4 is 0 Å². The number of hydrogen-bond donors (Lipinski definition) is 2. The average Bonchev–Trinajstić information content (AvgIpc) is 2.37. The maximum Gasteiger partial charge on any atom is 0.304 e. The topological polar surface area (TPSA) is 118 Å². The maximum atomic E-state index is 11.2. The summed E-state index contributed by atoms with van der Waals surface area (Å²) in [6.45, 7) is 1.85. The molecule has 1 aromatic rings. The van der Waals surface area contributed by atoms with Gasteiger partial charge >= 0.3 is 11.9 Å². The molecule has 0 aliphatic rings. The van der Waals surface area contributed by atoms with Crippen molar-refractivity contribution < 1.29 is 24.7 Å². The number of carboxylic acid groups (broad SMARTS) is 2. The third-order valence-corrected chi connectivity index (χ3v) is 3.29. The van der Waals surface area contributed by atoms with E-state index in [1.165, 1.54) is 0 Å². The number of aliphatic carboxylic acids is 2. The Morgan fingerprint density at radius 1 is 1.19 bits per heavy atom. The van der Waals surface area contributed by atoms with Crippen LogP contribution in [-0.2, 0) is 9.59 Å². The second kappa shape index (κ2) is 7.37. The summed E-state index contributed by atoms with van der Waals surface area (Å²) in [5.41, 5.74) is 1.49. The number of carbonyl (C=O) groups is 2. The fourth-order valence-electron chi connectivity index (χ4n) is 2.20. The van der Waals surface area contributed by atoms with Crippen molar-refractivity contribution in [3.63, 3.8) is 0 Å². The fourth-order valence-corrected chi connectivity index (χ4v) is 2.20. The molecule has 114 valence electrons. The molecular formula is C14H17NO6. The minimum atomic E-state index is -1.24. The summed E-state index contributed by atoms with van der Waals surface area (Å²) >= 11 is 0. The lowest BCUT2D eigenvalue weighted by Gasteiger charge is -2.19. The molecule has 0 saturated carbocycles. The Labute approximate surface area is 121 Å². The van der Waals surface area contributed by atoms with E-state index in [2.05, 4.69) is 0 Å². The SMILES string of the molecule is Cc1ccc(C(CC(=O)O)C(CCC(=O)O)[N+](=O)[O-])cc1. The van der Waals surface area contributed by atoms with Crippen molar-refractivity contribution in [2.24, 2.45) is 0 Å². The summed E-state index contributed by atoms with van der Waals surface area (Å²) in [5, 5.41) is 28.8. The number of aryl methyl sites for hydroxylation is 1. The first-order valence-corrected chi connectivity index (χ1v) is 6.45. The van der Waals surface area contributed by atoms with E-state index in [9.17, 15) is 19.7 Å². The fraction of sp³-hybridized carbons (Fsp3) is 0.429. The zero-order valence-corrected chi connectivity index (χ0v) is 11.6. The number of carboxylic acids is 2. The first-order valence-electron chi connectivity index (χ1n) is 6.45. The van der Waals surface area contributed by atoms with E-state index in [1.54, 1.807) is 24.3 Å². The molecule has 0 aliphatic carbocycles. The van der Waals surface area contributed by atoms with Gasteiger partial charge in [0.15, 0.2) is 0 Å². The van der Waals surface area contributed by atoms with Gasteiger partial charge in [0.2, 0.25) is 6.04 Å². The summed E-state index contributed by atoms with van der Waals surface area (Å²) in [7, 11) is 0. The molecular weight excluding hydrogens is 278 g/mol. The van der Waals surface area contributed by atoms with Gasteiger partial charge in [-0.2, -0.15) is 0 Å². The molecule has 2 N–H and O–H groups in total. The molecule has 0 radical (unpaired) electrons. The zero-order valence-electron chi connectivity index (χ0n) is 11.6. The van der Waals surface area contributed by atoms with Crippen molar-refractivity contribution in [1.29, 1.82) is 0 Å². The van der Waals surface area contributed by atoms with Gasteiger partial charge < -0.3 is 10.2 Å². The quantitative estimate of drug-likeness (QED) is 0.560. The van der Waals surface area contributed by atoms with E-state index in [0.29, 0.717) is 5.56 Å². The van der Waals surface area contributed by atoms with Gasteiger partial charge in [-0.1, -0.05) is 29.8 Å². The zero-order chi connectivity index (χ0) is 16.0. The number of benzene rings is 1. The summed E-state index contributed by atoms with van der Waals surface area (Å²) in [6.07, 6.45) is -0.976. The first-order chi connectivity index (χ1) is 9.81. The molecule has 0 saturated heterocycles. The molecule has 0 aromatic heterocycles. The standard InChI is InChI=1S/C14H17NO6/c1-9-2-4-10(5-3-9)11(8-14(18)19)12(15(20)21)6-7-13(16)17/h2-5,11-12H,6-8H2,1H3,(H,16,17)(H,18,19). The summed E-state index contributed by atoms with van der Waals surface area (Å²) < 4.78 is 0. The minimum Gasteiger partial charge on any atom is -0.481 e. The molecule has 7 heteroatoms. The Balaban J connectivity index is 3.07. The third kappa shape index (κ3) is 5.21. The van der Waals surface area contributed by atoms with Crippen molar-refractivity contribution >= 4 is 11.9 Å². The van der Waals surface area contributed by atoms with Crippen LogP contribution in [-0.4, -0.2) is 33.1 Å². The Morgan fingerprint density at radius 3 is 2.19 bits per heavy atom. The van der Waals surface area contributed by atoms with E-state index >= 15 is 0 Å². The van der Waals surface area contributed by atoms with Crippen LogP contribution in [0.5, 0.6) is 0 Å². The van der Waals surface area contributed by atoms with Crippen LogP contribution in [0.15, 0.2) is 24.3 Å². The van der Waals surface area contributed by atoms with Gasteiger partial charge in [0.25, 0.3) is 0 Å². The van der Waals surface area contributed by atoms with Gasteiger partial charge in [-0.15, -0.1) is 0 Å². The second-order valence-electron chi connectivity index (χ2n) is 4.90. The van der Waals surface area contributed by atoms with Gasteiger partial charge in [0.1, 0.15) is 0 Å². The Kier molecular flexibility index (Phi) is 5.83. The molecule has 0 bridgehead atoms. The van der Waals surface area contributed by atoms with Crippen LogP contribution in [0.3, 0.4) is 0 Å². The van der Waals surface area contributed by atoms with Gasteiger partial charge in [0.05, 0.1) is 18.8 Å². The molecule has 0 fully saturated rings. The second-order valence-corrected chi connectivity index (χ2v) is 4.90. The highest BCUT2D eigenvalue weighted by Gasteiger charge is 2.34. The highest BCUT2D eigenvalue weighted by atomic mass is 16.6. The van der Waals surface area contributed by atoms with Gasteiger partial charge in [0, 0.05) is 11.3 Å². The summed E-state index contributed by atoms with van der Waals surface area (Å²) in [5.74, 6) is -3.14. The van der Waals surface area contributed by atoms with E-state index < -0.39 is 35.2 Å². The largest absolute Gasteiger partial charge is 0.481 e. The van der Waals surface area contributed by atoms with Gasteiger partial charge in [-0.25, -0.2) is 0 Å². The molecule has 2 atom stereocenters. The Hall–Kier alpha value is -2.44. The lowest BCUT2D eigenvalue weighted by molar-refractivity contribution is -0.527. The van der Waals surface area contributed by atoms with E-state index in [0.717, 1.165) is 5.56 Å². The number of nitro groups is 1. The Morgan fingerprint density at radius 2 is 1.76 bits per heavy atom. The molecule has 1 aromatic carbocycles. The highest BCUT2D eigenvalue weighted by Crippen LogP contribution is 2.28. The van der Waals surface area contributed by atoms with Crippen molar-refractivity contribution in [2.75, 3.05) is 0 Å². The van der Waals surface area contributed by atoms with E-state index in [-0.39, 0.29) is 12.8 Å². The summed E-state index contributed by atoms with van der Waals surface area (Å²) in [6, 6.07) is 5.57. The normalized spacial score (nSPS) is 13.4. The van der Waals surface area contributed by atoms with Gasteiger partial charge in [-0.3, -0.25) is 19.7 Å². The molecule has 1 rings (SSSR count). The van der Waals surface area contributed by atoms with Gasteiger partial charge in [-0.05, 0) is 12.5 Å². The number of hydrogen-bond acceptors (Lipinski definition) is 4. The lowest BCUT2D eigenvalue weighted by atomic mass is 9.86. The third-order valence-electron chi connectivity index (χ3n) is 3.29. The van der Waals surface area contributed by atoms with Crippen molar-refractivity contribution in [2.45, 2.75) is 38.1 Å². The molecule has 0 aliphatic heterocycles. The van der Waals surface area contributed by atoms with Crippen molar-refractivity contribution in [1.82, 2.24) is 0 Å². The molecule has 21 heavy (non-hydrogen) atoms. The predicted molar refractivity (Wildman–Crippen MR) is 73.8 cm³/mol. The monoisotopic (exact) mass is 295 g/mol. The van der Waals surface area contributed by atoms with Crippen LogP contribution in [0, 0.1) is 17.0 Å². The molecule has 0 amide bonds. The van der Waals surface area contributed by atoms with E-state index in [4.69, 9.17) is 10.2 Å². The van der Waals surface area contributed by atoms with E-state index in [1.807, 2.05) is 6.92 Å². The number of rotatable bonds is 8. The minimum absolute atomic E-state index is 0.200.